The van der Waals surface area contributed by atoms with Crippen LogP contribution >= 0.6 is 15.9 Å². The fourth-order valence-electron chi connectivity index (χ4n) is 1.58. The van der Waals surface area contributed by atoms with E-state index in [9.17, 15) is 18.5 Å². The van der Waals surface area contributed by atoms with Crippen molar-refractivity contribution in [3.05, 3.63) is 62.7 Å². The lowest BCUT2D eigenvalue weighted by Crippen LogP contribution is -2.16. The zero-order chi connectivity index (χ0) is 15.5. The molecule has 0 fully saturated rings. The van der Waals surface area contributed by atoms with Crippen molar-refractivity contribution >= 4 is 37.5 Å². The Morgan fingerprint density at radius 2 is 1.90 bits per heavy atom. The largest absolute Gasteiger partial charge is 0.269 e. The number of nitro benzene ring substituents is 1. The van der Waals surface area contributed by atoms with E-state index in [-0.39, 0.29) is 17.3 Å². The summed E-state index contributed by atoms with van der Waals surface area (Å²) in [6.07, 6.45) is 1.47. The second-order valence-electron chi connectivity index (χ2n) is 4.12. The van der Waals surface area contributed by atoms with Gasteiger partial charge in [-0.05, 0) is 33.6 Å². The molecule has 1 heterocycles. The van der Waals surface area contributed by atoms with Crippen LogP contribution in [-0.4, -0.2) is 18.3 Å². The van der Waals surface area contributed by atoms with Crippen molar-refractivity contribution in [2.45, 2.75) is 5.75 Å². The second kappa shape index (κ2) is 6.19. The summed E-state index contributed by atoms with van der Waals surface area (Å²) < 4.78 is 26.9. The number of nitrogens with one attached hydrogen (secondary N) is 1. The van der Waals surface area contributed by atoms with Gasteiger partial charge in [0, 0.05) is 18.3 Å². The minimum atomic E-state index is -3.66. The number of nitro groups is 1. The Balaban J connectivity index is 2.14. The first-order chi connectivity index (χ1) is 9.87. The fourth-order valence-corrected chi connectivity index (χ4v) is 3.22. The Labute approximate surface area is 129 Å². The maximum absolute atomic E-state index is 12.0. The quantitative estimate of drug-likeness (QED) is 0.642. The maximum atomic E-state index is 12.0. The van der Waals surface area contributed by atoms with Crippen LogP contribution in [0.15, 0.2) is 47.1 Å². The molecule has 1 N–H and O–H groups in total. The molecule has 21 heavy (non-hydrogen) atoms. The van der Waals surface area contributed by atoms with Crippen LogP contribution in [0.2, 0.25) is 0 Å². The number of anilines is 1. The third kappa shape index (κ3) is 4.23. The number of non-ortho nitro benzene ring substituents is 1. The van der Waals surface area contributed by atoms with Crippen molar-refractivity contribution in [1.29, 1.82) is 0 Å². The lowest BCUT2D eigenvalue weighted by molar-refractivity contribution is -0.384. The number of benzene rings is 1. The van der Waals surface area contributed by atoms with Crippen LogP contribution in [0.3, 0.4) is 0 Å². The molecule has 0 unspecified atom stereocenters. The lowest BCUT2D eigenvalue weighted by Gasteiger charge is -2.08. The van der Waals surface area contributed by atoms with Gasteiger partial charge in [0.1, 0.15) is 0 Å². The zero-order valence-electron chi connectivity index (χ0n) is 10.6. The van der Waals surface area contributed by atoms with Gasteiger partial charge in [0.2, 0.25) is 10.0 Å². The predicted molar refractivity (Wildman–Crippen MR) is 81.3 cm³/mol. The van der Waals surface area contributed by atoms with Crippen LogP contribution < -0.4 is 4.72 Å². The summed E-state index contributed by atoms with van der Waals surface area (Å²) in [7, 11) is -3.66. The van der Waals surface area contributed by atoms with Crippen molar-refractivity contribution in [3.8, 4) is 0 Å². The Bertz CT molecular complexity index is 762. The molecule has 0 aliphatic rings. The average molecular weight is 372 g/mol. The number of sulfonamides is 1. The molecule has 0 aliphatic carbocycles. The monoisotopic (exact) mass is 371 g/mol. The summed E-state index contributed by atoms with van der Waals surface area (Å²) in [5.41, 5.74) is 0.358. The van der Waals surface area contributed by atoms with E-state index in [1.807, 2.05) is 0 Å². The van der Waals surface area contributed by atoms with Crippen molar-refractivity contribution < 1.29 is 13.3 Å². The van der Waals surface area contributed by atoms with Crippen LogP contribution in [0.5, 0.6) is 0 Å². The molecule has 1 aromatic heterocycles. The molecule has 0 saturated heterocycles. The molecule has 0 aliphatic heterocycles. The normalized spacial score (nSPS) is 11.1. The van der Waals surface area contributed by atoms with E-state index in [1.54, 1.807) is 12.1 Å². The van der Waals surface area contributed by atoms with Crippen LogP contribution in [0.25, 0.3) is 0 Å². The first-order valence-corrected chi connectivity index (χ1v) is 8.16. The van der Waals surface area contributed by atoms with Gasteiger partial charge in [-0.15, -0.1) is 0 Å². The molecule has 0 saturated carbocycles. The summed E-state index contributed by atoms with van der Waals surface area (Å²) >= 11 is 3.20. The van der Waals surface area contributed by atoms with Gasteiger partial charge in [-0.25, -0.2) is 13.4 Å². The van der Waals surface area contributed by atoms with Crippen LogP contribution in [0, 0.1) is 10.1 Å². The third-order valence-electron chi connectivity index (χ3n) is 2.51. The standard InChI is InChI=1S/C12H10BrN3O4S/c13-11-2-1-7-14-12(11)15-21(19,20)8-9-3-5-10(6-4-9)16(17)18/h1-7H,8H2,(H,14,15). The van der Waals surface area contributed by atoms with Gasteiger partial charge in [-0.3, -0.25) is 14.8 Å². The lowest BCUT2D eigenvalue weighted by atomic mass is 10.2. The van der Waals surface area contributed by atoms with Crippen molar-refractivity contribution in [2.24, 2.45) is 0 Å². The van der Waals surface area contributed by atoms with Crippen molar-refractivity contribution in [2.75, 3.05) is 4.72 Å². The van der Waals surface area contributed by atoms with Gasteiger partial charge >= 0.3 is 0 Å². The van der Waals surface area contributed by atoms with E-state index < -0.39 is 14.9 Å². The molecule has 0 bridgehead atoms. The highest BCUT2D eigenvalue weighted by atomic mass is 79.9. The van der Waals surface area contributed by atoms with Gasteiger partial charge in [0.05, 0.1) is 15.1 Å². The molecule has 0 spiro atoms. The summed E-state index contributed by atoms with van der Waals surface area (Å²) in [6, 6.07) is 8.67. The van der Waals surface area contributed by atoms with Gasteiger partial charge in [-0.1, -0.05) is 12.1 Å². The molecular formula is C12H10BrN3O4S. The number of hydrogen-bond donors (Lipinski definition) is 1. The Morgan fingerprint density at radius 1 is 1.24 bits per heavy atom. The van der Waals surface area contributed by atoms with E-state index in [1.165, 1.54) is 30.5 Å². The SMILES string of the molecule is O=[N+]([O-])c1ccc(CS(=O)(=O)Nc2ncccc2Br)cc1. The molecule has 2 rings (SSSR count). The van der Waals surface area contributed by atoms with Gasteiger partial charge in [-0.2, -0.15) is 0 Å². The van der Waals surface area contributed by atoms with E-state index in [0.717, 1.165) is 0 Å². The average Bonchev–Trinajstić information content (AvgIpc) is 2.41. The number of hydrogen-bond acceptors (Lipinski definition) is 5. The van der Waals surface area contributed by atoms with E-state index >= 15 is 0 Å². The first-order valence-electron chi connectivity index (χ1n) is 5.72. The number of halogens is 1. The number of nitrogens with zero attached hydrogens (tertiary/aromatic N) is 2. The van der Waals surface area contributed by atoms with E-state index in [0.29, 0.717) is 10.0 Å². The number of aromatic nitrogens is 1. The Hall–Kier alpha value is -2.00. The highest BCUT2D eigenvalue weighted by Crippen LogP contribution is 2.21. The minimum absolute atomic E-state index is 0.0865. The van der Waals surface area contributed by atoms with Crippen molar-refractivity contribution in [1.82, 2.24) is 4.98 Å². The Kier molecular flexibility index (Phi) is 4.53. The number of pyridine rings is 1. The molecule has 0 atom stereocenters. The zero-order valence-corrected chi connectivity index (χ0v) is 13.0. The van der Waals surface area contributed by atoms with Crippen LogP contribution in [0.1, 0.15) is 5.56 Å². The molecule has 0 amide bonds. The summed E-state index contributed by atoms with van der Waals surface area (Å²) in [6.45, 7) is 0. The molecule has 7 nitrogen and oxygen atoms in total. The second-order valence-corrected chi connectivity index (χ2v) is 6.70. The van der Waals surface area contributed by atoms with Crippen molar-refractivity contribution in [3.63, 3.8) is 0 Å². The van der Waals surface area contributed by atoms with E-state index in [2.05, 4.69) is 25.6 Å². The summed E-state index contributed by atoms with van der Waals surface area (Å²) in [5.74, 6) is -0.104. The summed E-state index contributed by atoms with van der Waals surface area (Å²) in [5, 5.41) is 10.5. The van der Waals surface area contributed by atoms with Crippen LogP contribution in [-0.2, 0) is 15.8 Å². The molecule has 9 heteroatoms. The van der Waals surface area contributed by atoms with Gasteiger partial charge < -0.3 is 0 Å². The first kappa shape index (κ1) is 15.4. The Morgan fingerprint density at radius 3 is 2.48 bits per heavy atom. The molecule has 2 aromatic rings. The van der Waals surface area contributed by atoms with Gasteiger partial charge in [0.25, 0.3) is 5.69 Å². The predicted octanol–water partition coefficient (Wildman–Crippen LogP) is 2.69. The van der Waals surface area contributed by atoms with Gasteiger partial charge in [0.15, 0.2) is 5.82 Å². The highest BCUT2D eigenvalue weighted by molar-refractivity contribution is 9.10. The molecule has 1 aromatic carbocycles. The summed E-state index contributed by atoms with van der Waals surface area (Å²) in [4.78, 5) is 13.9. The molecular weight excluding hydrogens is 362 g/mol. The smallest absolute Gasteiger partial charge is 0.266 e. The minimum Gasteiger partial charge on any atom is -0.266 e. The molecule has 0 radical (unpaired) electrons. The van der Waals surface area contributed by atoms with E-state index in [4.69, 9.17) is 0 Å². The topological polar surface area (TPSA) is 102 Å². The van der Waals surface area contributed by atoms with Crippen LogP contribution in [0.4, 0.5) is 11.5 Å². The molecule has 110 valence electrons. The number of rotatable bonds is 5. The highest BCUT2D eigenvalue weighted by Gasteiger charge is 2.15. The fraction of sp³-hybridized carbons (Fsp3) is 0.0833. The third-order valence-corrected chi connectivity index (χ3v) is 4.37. The maximum Gasteiger partial charge on any atom is 0.269 e.